The van der Waals surface area contributed by atoms with Crippen molar-refractivity contribution in [1.29, 1.82) is 5.26 Å². The smallest absolute Gasteiger partial charge is 0.314 e. The van der Waals surface area contributed by atoms with Crippen LogP contribution in [0.25, 0.3) is 0 Å². The topological polar surface area (TPSA) is 82.0 Å². The molecule has 0 fully saturated rings. The summed E-state index contributed by atoms with van der Waals surface area (Å²) in [6.07, 6.45) is 3.24. The van der Waals surface area contributed by atoms with Crippen LogP contribution in [0.3, 0.4) is 0 Å². The molecule has 0 saturated carbocycles. The Labute approximate surface area is 141 Å². The van der Waals surface area contributed by atoms with E-state index in [2.05, 4.69) is 17.6 Å². The molecule has 0 unspecified atom stereocenters. The average Bonchev–Trinajstić information content (AvgIpc) is 2.61. The van der Waals surface area contributed by atoms with Crippen LogP contribution in [0, 0.1) is 11.3 Å². The lowest BCUT2D eigenvalue weighted by molar-refractivity contribution is -0.133. The van der Waals surface area contributed by atoms with Crippen LogP contribution in [-0.2, 0) is 16.0 Å². The van der Waals surface area contributed by atoms with Crippen molar-refractivity contribution in [2.75, 3.05) is 10.6 Å². The summed E-state index contributed by atoms with van der Waals surface area (Å²) in [5, 5.41) is 14.0. The molecule has 2 N–H and O–H groups in total. The van der Waals surface area contributed by atoms with Gasteiger partial charge >= 0.3 is 11.8 Å². The normalized spacial score (nSPS) is 9.83. The van der Waals surface area contributed by atoms with Crippen LogP contribution in [0.4, 0.5) is 11.4 Å². The largest absolute Gasteiger partial charge is 0.318 e. The fourth-order valence-electron chi connectivity index (χ4n) is 2.19. The fraction of sp³-hybridized carbons (Fsp3) is 0.211. The minimum atomic E-state index is -0.812. The minimum absolute atomic E-state index is 0.305. The maximum absolute atomic E-state index is 12.0. The number of amides is 2. The van der Waals surface area contributed by atoms with E-state index in [1.54, 1.807) is 36.4 Å². The average molecular weight is 321 g/mol. The predicted molar refractivity (Wildman–Crippen MR) is 93.5 cm³/mol. The Bertz CT molecular complexity index is 761. The monoisotopic (exact) mass is 321 g/mol. The van der Waals surface area contributed by atoms with Gasteiger partial charge in [-0.25, -0.2) is 0 Å². The molecule has 0 radical (unpaired) electrons. The molecule has 122 valence electrons. The molecule has 2 amide bonds. The number of nitrogens with zero attached hydrogens (tertiary/aromatic N) is 1. The van der Waals surface area contributed by atoms with Crippen LogP contribution in [0.2, 0.25) is 0 Å². The number of nitriles is 1. The molecular formula is C19H19N3O2. The lowest BCUT2D eigenvalue weighted by atomic mass is 10.1. The molecule has 0 atom stereocenters. The Hall–Kier alpha value is -3.13. The molecule has 2 aromatic rings. The van der Waals surface area contributed by atoms with Gasteiger partial charge in [0.15, 0.2) is 0 Å². The van der Waals surface area contributed by atoms with Gasteiger partial charge in [0.1, 0.15) is 6.07 Å². The van der Waals surface area contributed by atoms with Crippen molar-refractivity contribution in [3.8, 4) is 6.07 Å². The van der Waals surface area contributed by atoms with Crippen LogP contribution < -0.4 is 10.6 Å². The lowest BCUT2D eigenvalue weighted by Gasteiger charge is -2.08. The van der Waals surface area contributed by atoms with E-state index in [4.69, 9.17) is 5.26 Å². The van der Waals surface area contributed by atoms with Crippen LogP contribution in [0.1, 0.15) is 30.9 Å². The summed E-state index contributed by atoms with van der Waals surface area (Å²) in [4.78, 5) is 23.9. The quantitative estimate of drug-likeness (QED) is 0.827. The van der Waals surface area contributed by atoms with Gasteiger partial charge in [-0.05, 0) is 42.7 Å². The van der Waals surface area contributed by atoms with Gasteiger partial charge in [0.05, 0.1) is 11.3 Å². The van der Waals surface area contributed by atoms with E-state index < -0.39 is 11.8 Å². The van der Waals surface area contributed by atoms with E-state index >= 15 is 0 Å². The molecule has 0 bridgehead atoms. The number of unbranched alkanes of at least 4 members (excludes halogenated alkanes) is 1. The Morgan fingerprint density at radius 1 is 1.00 bits per heavy atom. The Morgan fingerprint density at radius 2 is 1.67 bits per heavy atom. The van der Waals surface area contributed by atoms with Crippen LogP contribution in [-0.4, -0.2) is 11.8 Å². The van der Waals surface area contributed by atoms with Crippen LogP contribution >= 0.6 is 0 Å². The molecule has 0 spiro atoms. The Balaban J connectivity index is 1.96. The molecule has 5 nitrogen and oxygen atoms in total. The minimum Gasteiger partial charge on any atom is -0.318 e. The maximum Gasteiger partial charge on any atom is 0.314 e. The number of benzene rings is 2. The van der Waals surface area contributed by atoms with Crippen molar-refractivity contribution in [3.63, 3.8) is 0 Å². The fourth-order valence-corrected chi connectivity index (χ4v) is 2.19. The van der Waals surface area contributed by atoms with E-state index in [0.29, 0.717) is 16.9 Å². The van der Waals surface area contributed by atoms with Gasteiger partial charge < -0.3 is 10.6 Å². The highest BCUT2D eigenvalue weighted by Gasteiger charge is 2.15. The molecule has 0 aliphatic rings. The second-order valence-electron chi connectivity index (χ2n) is 5.37. The van der Waals surface area contributed by atoms with Gasteiger partial charge in [-0.1, -0.05) is 37.6 Å². The highest BCUT2D eigenvalue weighted by molar-refractivity contribution is 6.43. The van der Waals surface area contributed by atoms with Gasteiger partial charge in [-0.2, -0.15) is 5.26 Å². The highest BCUT2D eigenvalue weighted by Crippen LogP contribution is 2.14. The second-order valence-corrected chi connectivity index (χ2v) is 5.37. The molecular weight excluding hydrogens is 302 g/mol. The van der Waals surface area contributed by atoms with Gasteiger partial charge in [-0.3, -0.25) is 9.59 Å². The first kappa shape index (κ1) is 17.2. The number of carbonyl (C=O) groups excluding carboxylic acids is 2. The second kappa shape index (κ2) is 8.49. The number of carbonyl (C=O) groups is 2. The number of hydrogen-bond donors (Lipinski definition) is 2. The van der Waals surface area contributed by atoms with Crippen LogP contribution in [0.15, 0.2) is 48.5 Å². The molecule has 0 saturated heterocycles. The molecule has 24 heavy (non-hydrogen) atoms. The van der Waals surface area contributed by atoms with E-state index in [0.717, 1.165) is 19.3 Å². The highest BCUT2D eigenvalue weighted by atomic mass is 16.2. The van der Waals surface area contributed by atoms with Crippen molar-refractivity contribution in [2.45, 2.75) is 26.2 Å². The van der Waals surface area contributed by atoms with Gasteiger partial charge in [-0.15, -0.1) is 0 Å². The van der Waals surface area contributed by atoms with Gasteiger partial charge in [0.25, 0.3) is 0 Å². The third kappa shape index (κ3) is 4.68. The number of nitrogens with one attached hydrogen (secondary N) is 2. The van der Waals surface area contributed by atoms with Crippen molar-refractivity contribution in [1.82, 2.24) is 0 Å². The summed E-state index contributed by atoms with van der Waals surface area (Å²) in [7, 11) is 0. The summed E-state index contributed by atoms with van der Waals surface area (Å²) in [6.45, 7) is 2.14. The summed E-state index contributed by atoms with van der Waals surface area (Å²) in [5.41, 5.74) is 2.38. The van der Waals surface area contributed by atoms with Gasteiger partial charge in [0.2, 0.25) is 0 Å². The summed E-state index contributed by atoms with van der Waals surface area (Å²) in [5.74, 6) is -1.59. The van der Waals surface area contributed by atoms with E-state index in [-0.39, 0.29) is 0 Å². The van der Waals surface area contributed by atoms with Crippen molar-refractivity contribution >= 4 is 23.2 Å². The molecule has 2 aromatic carbocycles. The zero-order valence-electron chi connectivity index (χ0n) is 13.5. The van der Waals surface area contributed by atoms with Crippen molar-refractivity contribution in [3.05, 3.63) is 59.7 Å². The molecule has 5 heteroatoms. The summed E-state index contributed by atoms with van der Waals surface area (Å²) in [6, 6.07) is 15.9. The number of hydrogen-bond acceptors (Lipinski definition) is 3. The van der Waals surface area contributed by atoms with Crippen molar-refractivity contribution < 1.29 is 9.59 Å². The number of para-hydroxylation sites is 1. The number of rotatable bonds is 5. The van der Waals surface area contributed by atoms with Gasteiger partial charge in [0, 0.05) is 5.69 Å². The SMILES string of the molecule is CCCCc1ccc(NC(=O)C(=O)Nc2ccccc2C#N)cc1. The molecule has 0 aliphatic heterocycles. The van der Waals surface area contributed by atoms with Crippen LogP contribution in [0.5, 0.6) is 0 Å². The maximum atomic E-state index is 12.0. The van der Waals surface area contributed by atoms with E-state index in [1.165, 1.54) is 5.56 Å². The zero-order valence-corrected chi connectivity index (χ0v) is 13.5. The summed E-state index contributed by atoms with van der Waals surface area (Å²) < 4.78 is 0. The number of anilines is 2. The third-order valence-corrected chi connectivity index (χ3v) is 3.53. The first-order chi connectivity index (χ1) is 11.6. The lowest BCUT2D eigenvalue weighted by Crippen LogP contribution is -2.29. The first-order valence-electron chi connectivity index (χ1n) is 7.84. The summed E-state index contributed by atoms with van der Waals surface area (Å²) >= 11 is 0. The third-order valence-electron chi connectivity index (χ3n) is 3.53. The molecule has 0 heterocycles. The Kier molecular flexibility index (Phi) is 6.09. The number of aryl methyl sites for hydroxylation is 1. The molecule has 0 aliphatic carbocycles. The zero-order chi connectivity index (χ0) is 17.4. The molecule has 0 aromatic heterocycles. The predicted octanol–water partition coefficient (Wildman–Crippen LogP) is 3.48. The van der Waals surface area contributed by atoms with E-state index in [1.807, 2.05) is 18.2 Å². The van der Waals surface area contributed by atoms with E-state index in [9.17, 15) is 9.59 Å². The molecule has 2 rings (SSSR count). The van der Waals surface area contributed by atoms with Crippen molar-refractivity contribution in [2.24, 2.45) is 0 Å². The Morgan fingerprint density at radius 3 is 2.33 bits per heavy atom. The first-order valence-corrected chi connectivity index (χ1v) is 7.84. The standard InChI is InChI=1S/C19H19N3O2/c1-2-3-6-14-9-11-16(12-10-14)21-18(23)19(24)22-17-8-5-4-7-15(17)13-20/h4-5,7-12H,2-3,6H2,1H3,(H,21,23)(H,22,24).